The molecule has 3 rings (SSSR count). The molecular weight excluding hydrogens is 320 g/mol. The molecule has 0 aromatic heterocycles. The molecule has 0 bridgehead atoms. The SMILES string of the molecule is Cc1cccc(Nc2cccc(C(=N)/C=C\NCC3=NCCC=C3)c2)c1. The first-order valence-corrected chi connectivity index (χ1v) is 8.83. The Bertz CT molecular complexity index is 862. The van der Waals surface area contributed by atoms with Gasteiger partial charge in [-0.3, -0.25) is 4.99 Å². The minimum absolute atomic E-state index is 0.464. The molecule has 0 saturated carbocycles. The number of dihydropyridines is 1. The van der Waals surface area contributed by atoms with Crippen LogP contribution in [0.25, 0.3) is 0 Å². The highest BCUT2D eigenvalue weighted by Gasteiger charge is 2.01. The van der Waals surface area contributed by atoms with Crippen molar-refractivity contribution in [1.29, 1.82) is 5.41 Å². The van der Waals surface area contributed by atoms with Crippen LogP contribution in [0.5, 0.6) is 0 Å². The highest BCUT2D eigenvalue weighted by atomic mass is 14.9. The molecule has 3 N–H and O–H groups in total. The van der Waals surface area contributed by atoms with E-state index in [9.17, 15) is 0 Å². The van der Waals surface area contributed by atoms with E-state index < -0.39 is 0 Å². The van der Waals surface area contributed by atoms with Gasteiger partial charge in [0.25, 0.3) is 0 Å². The molecule has 2 aromatic rings. The fraction of sp³-hybridized carbons (Fsp3) is 0.182. The highest BCUT2D eigenvalue weighted by Crippen LogP contribution is 2.19. The van der Waals surface area contributed by atoms with Crippen LogP contribution >= 0.6 is 0 Å². The minimum Gasteiger partial charge on any atom is -0.385 e. The molecule has 0 aliphatic carbocycles. The van der Waals surface area contributed by atoms with Crippen LogP contribution in [0.15, 0.2) is 78.0 Å². The number of nitrogens with one attached hydrogen (secondary N) is 3. The van der Waals surface area contributed by atoms with Crippen molar-refractivity contribution in [3.8, 4) is 0 Å². The van der Waals surface area contributed by atoms with E-state index in [4.69, 9.17) is 5.41 Å². The molecule has 2 aromatic carbocycles. The van der Waals surface area contributed by atoms with E-state index in [0.29, 0.717) is 12.3 Å². The Balaban J connectivity index is 1.58. The molecule has 0 spiro atoms. The quantitative estimate of drug-likeness (QED) is 0.642. The third-order valence-corrected chi connectivity index (χ3v) is 4.05. The van der Waals surface area contributed by atoms with Crippen LogP contribution in [-0.4, -0.2) is 24.5 Å². The van der Waals surface area contributed by atoms with Crippen molar-refractivity contribution in [3.05, 3.63) is 84.1 Å². The van der Waals surface area contributed by atoms with Crippen LogP contribution < -0.4 is 10.6 Å². The standard InChI is InChI=1S/C22H24N4/c1-17-6-4-9-19(14-17)26-20-10-5-7-18(15-20)22(23)11-13-24-16-21-8-2-3-12-25-21/h2,4-11,13-15,23-24,26H,3,12,16H2,1H3/b13-11-,23-22?. The number of aliphatic imine (C=N–C) groups is 1. The third-order valence-electron chi connectivity index (χ3n) is 4.05. The number of nitrogens with zero attached hydrogens (tertiary/aromatic N) is 1. The maximum atomic E-state index is 8.26. The number of hydrogen-bond donors (Lipinski definition) is 3. The van der Waals surface area contributed by atoms with E-state index in [2.05, 4.69) is 46.8 Å². The molecule has 26 heavy (non-hydrogen) atoms. The minimum atomic E-state index is 0.464. The van der Waals surface area contributed by atoms with Gasteiger partial charge in [0, 0.05) is 23.5 Å². The molecule has 0 unspecified atom stereocenters. The lowest BCUT2D eigenvalue weighted by Gasteiger charge is -2.09. The number of benzene rings is 2. The van der Waals surface area contributed by atoms with Gasteiger partial charge in [0.05, 0.1) is 18.0 Å². The van der Waals surface area contributed by atoms with Crippen LogP contribution in [-0.2, 0) is 0 Å². The molecule has 4 heteroatoms. The molecule has 0 saturated heterocycles. The highest BCUT2D eigenvalue weighted by molar-refractivity contribution is 6.07. The molecule has 0 fully saturated rings. The van der Waals surface area contributed by atoms with Gasteiger partial charge in [-0.15, -0.1) is 0 Å². The lowest BCUT2D eigenvalue weighted by molar-refractivity contribution is 0.953. The first kappa shape index (κ1) is 17.7. The molecule has 1 aliphatic heterocycles. The van der Waals surface area contributed by atoms with Gasteiger partial charge in [0.2, 0.25) is 0 Å². The molecule has 0 radical (unpaired) electrons. The Morgan fingerprint density at radius 3 is 2.73 bits per heavy atom. The Kier molecular flexibility index (Phi) is 5.99. The molecular formula is C22H24N4. The zero-order chi connectivity index (χ0) is 18.2. The maximum absolute atomic E-state index is 8.26. The monoisotopic (exact) mass is 344 g/mol. The van der Waals surface area contributed by atoms with Gasteiger partial charge in [0.15, 0.2) is 0 Å². The maximum Gasteiger partial charge on any atom is 0.0627 e. The zero-order valence-electron chi connectivity index (χ0n) is 15.0. The van der Waals surface area contributed by atoms with Crippen LogP contribution in [0.1, 0.15) is 17.5 Å². The van der Waals surface area contributed by atoms with Crippen LogP contribution in [0.3, 0.4) is 0 Å². The van der Waals surface area contributed by atoms with Gasteiger partial charge >= 0.3 is 0 Å². The number of anilines is 2. The summed E-state index contributed by atoms with van der Waals surface area (Å²) in [7, 11) is 0. The molecule has 0 amide bonds. The second-order valence-corrected chi connectivity index (χ2v) is 6.27. The summed E-state index contributed by atoms with van der Waals surface area (Å²) in [5.74, 6) is 0. The van der Waals surface area contributed by atoms with Crippen molar-refractivity contribution in [3.63, 3.8) is 0 Å². The number of rotatable bonds is 7. The summed E-state index contributed by atoms with van der Waals surface area (Å²) in [6.45, 7) is 3.63. The summed E-state index contributed by atoms with van der Waals surface area (Å²) >= 11 is 0. The first-order valence-electron chi connectivity index (χ1n) is 8.83. The Labute approximate surface area is 154 Å². The average molecular weight is 344 g/mol. The average Bonchev–Trinajstić information content (AvgIpc) is 2.66. The normalized spacial score (nSPS) is 13.5. The summed E-state index contributed by atoms with van der Waals surface area (Å²) in [5, 5.41) is 14.9. The molecule has 132 valence electrons. The third kappa shape index (κ3) is 5.18. The topological polar surface area (TPSA) is 60.3 Å². The van der Waals surface area contributed by atoms with E-state index in [0.717, 1.165) is 35.6 Å². The second kappa shape index (κ2) is 8.81. The predicted octanol–water partition coefficient (Wildman–Crippen LogP) is 4.61. The van der Waals surface area contributed by atoms with Gasteiger partial charge in [-0.05, 0) is 61.5 Å². The van der Waals surface area contributed by atoms with Crippen molar-refractivity contribution in [2.45, 2.75) is 13.3 Å². The van der Waals surface area contributed by atoms with Crippen molar-refractivity contribution in [1.82, 2.24) is 5.32 Å². The van der Waals surface area contributed by atoms with Gasteiger partial charge in [-0.1, -0.05) is 30.3 Å². The Morgan fingerprint density at radius 1 is 1.15 bits per heavy atom. The predicted molar refractivity (Wildman–Crippen MR) is 111 cm³/mol. The van der Waals surface area contributed by atoms with E-state index in [1.165, 1.54) is 5.56 Å². The molecule has 1 heterocycles. The van der Waals surface area contributed by atoms with Gasteiger partial charge in [-0.2, -0.15) is 0 Å². The van der Waals surface area contributed by atoms with Crippen molar-refractivity contribution in [2.75, 3.05) is 18.4 Å². The zero-order valence-corrected chi connectivity index (χ0v) is 15.0. The first-order chi connectivity index (χ1) is 12.7. The van der Waals surface area contributed by atoms with Crippen LogP contribution in [0, 0.1) is 12.3 Å². The fourth-order valence-electron chi connectivity index (χ4n) is 2.73. The van der Waals surface area contributed by atoms with E-state index in [1.54, 1.807) is 6.08 Å². The molecule has 1 aliphatic rings. The van der Waals surface area contributed by atoms with Crippen molar-refractivity contribution in [2.24, 2.45) is 4.99 Å². The number of allylic oxidation sites excluding steroid dienone is 1. The van der Waals surface area contributed by atoms with Gasteiger partial charge < -0.3 is 16.0 Å². The Hall–Kier alpha value is -3.14. The van der Waals surface area contributed by atoms with E-state index >= 15 is 0 Å². The lowest BCUT2D eigenvalue weighted by atomic mass is 10.1. The smallest absolute Gasteiger partial charge is 0.0627 e. The van der Waals surface area contributed by atoms with Crippen LogP contribution in [0.4, 0.5) is 11.4 Å². The lowest BCUT2D eigenvalue weighted by Crippen LogP contribution is -2.18. The fourth-order valence-corrected chi connectivity index (χ4v) is 2.73. The van der Waals surface area contributed by atoms with Crippen LogP contribution in [0.2, 0.25) is 0 Å². The summed E-state index contributed by atoms with van der Waals surface area (Å²) in [4.78, 5) is 4.43. The second-order valence-electron chi connectivity index (χ2n) is 6.27. The van der Waals surface area contributed by atoms with Gasteiger partial charge in [-0.25, -0.2) is 0 Å². The van der Waals surface area contributed by atoms with Crippen molar-refractivity contribution >= 4 is 22.8 Å². The van der Waals surface area contributed by atoms with Crippen molar-refractivity contribution < 1.29 is 0 Å². The summed E-state index contributed by atoms with van der Waals surface area (Å²) in [6.07, 6.45) is 8.81. The molecule has 4 nitrogen and oxygen atoms in total. The summed E-state index contributed by atoms with van der Waals surface area (Å²) < 4.78 is 0. The largest absolute Gasteiger partial charge is 0.385 e. The van der Waals surface area contributed by atoms with E-state index in [1.807, 2.05) is 42.6 Å². The molecule has 0 atom stereocenters. The number of aryl methyl sites for hydroxylation is 1. The number of hydrogen-bond acceptors (Lipinski definition) is 4. The van der Waals surface area contributed by atoms with E-state index in [-0.39, 0.29) is 0 Å². The summed E-state index contributed by atoms with van der Waals surface area (Å²) in [5.41, 5.74) is 5.62. The Morgan fingerprint density at radius 2 is 1.96 bits per heavy atom. The van der Waals surface area contributed by atoms with Gasteiger partial charge in [0.1, 0.15) is 0 Å². The summed E-state index contributed by atoms with van der Waals surface area (Å²) in [6, 6.07) is 16.2.